The maximum atomic E-state index is 9.29. The number of phenolic OH excluding ortho intramolecular Hbond substituents is 1. The Balaban J connectivity index is 2.81. The van der Waals surface area contributed by atoms with E-state index in [9.17, 15) is 5.11 Å². The van der Waals surface area contributed by atoms with Crippen LogP contribution in [0.1, 0.15) is 20.8 Å². The van der Waals surface area contributed by atoms with Gasteiger partial charge in [-0.3, -0.25) is 0 Å². The SMILES string of the molecule is CC(C)(C)C(=N)/C=C(/N)Nc1ccc(O)c(Cl)c1. The summed E-state index contributed by atoms with van der Waals surface area (Å²) < 4.78 is 0. The number of allylic oxidation sites excluding steroid dienone is 1. The zero-order valence-corrected chi connectivity index (χ0v) is 11.5. The summed E-state index contributed by atoms with van der Waals surface area (Å²) >= 11 is 5.78. The molecule has 0 heterocycles. The lowest BCUT2D eigenvalue weighted by Gasteiger charge is -2.17. The second kappa shape index (κ2) is 5.31. The molecule has 0 amide bonds. The number of hydrogen-bond donors (Lipinski definition) is 4. The van der Waals surface area contributed by atoms with Crippen LogP contribution in [-0.2, 0) is 0 Å². The number of nitrogens with one attached hydrogen (secondary N) is 2. The molecule has 4 nitrogen and oxygen atoms in total. The molecular weight excluding hydrogens is 250 g/mol. The first-order valence-corrected chi connectivity index (χ1v) is 5.89. The Bertz CT molecular complexity index is 489. The van der Waals surface area contributed by atoms with Gasteiger partial charge in [-0.2, -0.15) is 0 Å². The Labute approximate surface area is 112 Å². The van der Waals surface area contributed by atoms with Crippen molar-refractivity contribution in [3.05, 3.63) is 35.1 Å². The van der Waals surface area contributed by atoms with Crippen molar-refractivity contribution in [3.63, 3.8) is 0 Å². The molecule has 0 radical (unpaired) electrons. The molecule has 0 atom stereocenters. The van der Waals surface area contributed by atoms with E-state index in [1.807, 2.05) is 20.8 Å². The number of halogens is 1. The zero-order chi connectivity index (χ0) is 13.9. The molecule has 0 fully saturated rings. The average molecular weight is 268 g/mol. The van der Waals surface area contributed by atoms with Gasteiger partial charge in [0.15, 0.2) is 0 Å². The highest BCUT2D eigenvalue weighted by atomic mass is 35.5. The van der Waals surface area contributed by atoms with Gasteiger partial charge in [-0.1, -0.05) is 32.4 Å². The fraction of sp³-hybridized carbons (Fsp3) is 0.308. The van der Waals surface area contributed by atoms with E-state index in [4.69, 9.17) is 22.7 Å². The Morgan fingerprint density at radius 2 is 2.06 bits per heavy atom. The largest absolute Gasteiger partial charge is 0.506 e. The van der Waals surface area contributed by atoms with Gasteiger partial charge >= 0.3 is 0 Å². The second-order valence-electron chi connectivity index (χ2n) is 5.05. The minimum Gasteiger partial charge on any atom is -0.506 e. The predicted octanol–water partition coefficient (Wildman–Crippen LogP) is 3.32. The standard InChI is InChI=1S/C13H18ClN3O/c1-13(2,3)11(15)7-12(16)17-8-4-5-10(18)9(14)6-8/h4-7,15,17-18H,16H2,1-3H3/b12-7-,15-11?. The molecule has 0 aliphatic rings. The molecule has 18 heavy (non-hydrogen) atoms. The molecule has 1 aromatic carbocycles. The molecule has 5 heteroatoms. The van der Waals surface area contributed by atoms with Crippen molar-refractivity contribution >= 4 is 23.0 Å². The molecule has 0 aliphatic heterocycles. The van der Waals surface area contributed by atoms with Crippen LogP contribution in [0, 0.1) is 10.8 Å². The summed E-state index contributed by atoms with van der Waals surface area (Å²) in [4.78, 5) is 0. The molecular formula is C13H18ClN3O. The highest BCUT2D eigenvalue weighted by Crippen LogP contribution is 2.26. The van der Waals surface area contributed by atoms with E-state index in [0.717, 1.165) is 0 Å². The Kier molecular flexibility index (Phi) is 4.24. The molecule has 1 aromatic rings. The third-order valence-electron chi connectivity index (χ3n) is 2.34. The van der Waals surface area contributed by atoms with Crippen LogP contribution in [0.25, 0.3) is 0 Å². The summed E-state index contributed by atoms with van der Waals surface area (Å²) in [6, 6.07) is 4.70. The van der Waals surface area contributed by atoms with Crippen molar-refractivity contribution < 1.29 is 5.11 Å². The summed E-state index contributed by atoms with van der Waals surface area (Å²) in [5.74, 6) is 0.379. The van der Waals surface area contributed by atoms with Crippen molar-refractivity contribution in [2.75, 3.05) is 5.32 Å². The van der Waals surface area contributed by atoms with Gasteiger partial charge in [0.25, 0.3) is 0 Å². The average Bonchev–Trinajstić information content (AvgIpc) is 2.22. The lowest BCUT2D eigenvalue weighted by molar-refractivity contribution is 0.475. The number of anilines is 1. The van der Waals surface area contributed by atoms with E-state index in [2.05, 4.69) is 5.32 Å². The highest BCUT2D eigenvalue weighted by Gasteiger charge is 2.15. The Morgan fingerprint density at radius 1 is 1.44 bits per heavy atom. The Morgan fingerprint density at radius 3 is 2.56 bits per heavy atom. The van der Waals surface area contributed by atoms with E-state index < -0.39 is 0 Å². The molecule has 0 spiro atoms. The second-order valence-corrected chi connectivity index (χ2v) is 5.46. The van der Waals surface area contributed by atoms with Crippen molar-refractivity contribution in [1.29, 1.82) is 5.41 Å². The van der Waals surface area contributed by atoms with Gasteiger partial charge in [-0.05, 0) is 24.3 Å². The molecule has 1 rings (SSSR count). The topological polar surface area (TPSA) is 82.1 Å². The molecule has 98 valence electrons. The summed E-state index contributed by atoms with van der Waals surface area (Å²) in [6.45, 7) is 5.82. The maximum absolute atomic E-state index is 9.29. The van der Waals surface area contributed by atoms with Gasteiger partial charge < -0.3 is 21.6 Å². The van der Waals surface area contributed by atoms with Crippen LogP contribution in [0.5, 0.6) is 5.75 Å². The number of aromatic hydroxyl groups is 1. The van der Waals surface area contributed by atoms with Crippen LogP contribution in [0.15, 0.2) is 30.1 Å². The van der Waals surface area contributed by atoms with Gasteiger partial charge in [-0.25, -0.2) is 0 Å². The highest BCUT2D eigenvalue weighted by molar-refractivity contribution is 6.32. The first-order valence-electron chi connectivity index (χ1n) is 5.52. The van der Waals surface area contributed by atoms with Crippen LogP contribution in [-0.4, -0.2) is 10.8 Å². The van der Waals surface area contributed by atoms with E-state index in [-0.39, 0.29) is 16.2 Å². The minimum atomic E-state index is -0.251. The fourth-order valence-electron chi connectivity index (χ4n) is 1.16. The lowest BCUT2D eigenvalue weighted by Crippen LogP contribution is -2.20. The van der Waals surface area contributed by atoms with Crippen molar-refractivity contribution in [2.24, 2.45) is 11.1 Å². The third kappa shape index (κ3) is 3.96. The summed E-state index contributed by atoms with van der Waals surface area (Å²) in [7, 11) is 0. The molecule has 0 bridgehead atoms. The van der Waals surface area contributed by atoms with Gasteiger partial charge in [0, 0.05) is 16.8 Å². The number of rotatable bonds is 3. The van der Waals surface area contributed by atoms with E-state index >= 15 is 0 Å². The van der Waals surface area contributed by atoms with E-state index in [1.165, 1.54) is 6.07 Å². The van der Waals surface area contributed by atoms with Crippen molar-refractivity contribution in [2.45, 2.75) is 20.8 Å². The first-order chi connectivity index (χ1) is 8.20. The van der Waals surface area contributed by atoms with Crippen LogP contribution in [0.2, 0.25) is 5.02 Å². The fourth-order valence-corrected chi connectivity index (χ4v) is 1.34. The number of nitrogens with two attached hydrogens (primary N) is 1. The summed E-state index contributed by atoms with van der Waals surface area (Å²) in [5.41, 5.74) is 6.63. The molecule has 5 N–H and O–H groups in total. The molecule has 0 aliphatic carbocycles. The minimum absolute atomic E-state index is 0.0206. The monoisotopic (exact) mass is 267 g/mol. The van der Waals surface area contributed by atoms with Crippen LogP contribution in [0.4, 0.5) is 5.69 Å². The molecule has 0 saturated heterocycles. The number of hydrogen-bond acceptors (Lipinski definition) is 4. The quantitative estimate of drug-likeness (QED) is 0.501. The number of phenols is 1. The summed E-state index contributed by atoms with van der Waals surface area (Å²) in [5, 5.41) is 20.3. The van der Waals surface area contributed by atoms with Crippen LogP contribution in [0.3, 0.4) is 0 Å². The van der Waals surface area contributed by atoms with Gasteiger partial charge in [0.05, 0.1) is 5.02 Å². The third-order valence-corrected chi connectivity index (χ3v) is 2.65. The van der Waals surface area contributed by atoms with E-state index in [0.29, 0.717) is 17.2 Å². The molecule has 0 unspecified atom stereocenters. The van der Waals surface area contributed by atoms with Gasteiger partial charge in [0.1, 0.15) is 11.6 Å². The van der Waals surface area contributed by atoms with Gasteiger partial charge in [0.2, 0.25) is 0 Å². The maximum Gasteiger partial charge on any atom is 0.134 e. The van der Waals surface area contributed by atoms with Crippen molar-refractivity contribution in [3.8, 4) is 5.75 Å². The zero-order valence-electron chi connectivity index (χ0n) is 10.7. The van der Waals surface area contributed by atoms with Gasteiger partial charge in [-0.15, -0.1) is 0 Å². The van der Waals surface area contributed by atoms with Crippen LogP contribution < -0.4 is 11.1 Å². The van der Waals surface area contributed by atoms with Crippen LogP contribution >= 0.6 is 11.6 Å². The summed E-state index contributed by atoms with van der Waals surface area (Å²) in [6.07, 6.45) is 1.57. The normalized spacial score (nSPS) is 12.3. The van der Waals surface area contributed by atoms with Crippen molar-refractivity contribution in [1.82, 2.24) is 0 Å². The smallest absolute Gasteiger partial charge is 0.134 e. The Hall–Kier alpha value is -1.68. The number of benzene rings is 1. The molecule has 0 saturated carbocycles. The molecule has 0 aromatic heterocycles. The lowest BCUT2D eigenvalue weighted by atomic mass is 9.90. The van der Waals surface area contributed by atoms with E-state index in [1.54, 1.807) is 18.2 Å². The predicted molar refractivity (Wildman–Crippen MR) is 76.2 cm³/mol. The first kappa shape index (κ1) is 14.4.